The van der Waals surface area contributed by atoms with E-state index in [4.69, 9.17) is 11.5 Å². The third kappa shape index (κ3) is 1.85. The summed E-state index contributed by atoms with van der Waals surface area (Å²) in [4.78, 5) is 16.1. The van der Waals surface area contributed by atoms with Crippen molar-refractivity contribution in [2.24, 2.45) is 5.73 Å². The van der Waals surface area contributed by atoms with Crippen LogP contribution in [0, 0.1) is 6.92 Å². The Kier molecular flexibility index (Phi) is 2.51. The molecule has 1 aliphatic carbocycles. The second-order valence-electron chi connectivity index (χ2n) is 4.83. The van der Waals surface area contributed by atoms with Gasteiger partial charge >= 0.3 is 0 Å². The summed E-state index contributed by atoms with van der Waals surface area (Å²) >= 11 is 0. The van der Waals surface area contributed by atoms with Crippen molar-refractivity contribution in [2.45, 2.75) is 26.2 Å². The molecule has 19 heavy (non-hydrogen) atoms. The molecule has 2 aromatic rings. The van der Waals surface area contributed by atoms with Crippen LogP contribution in [0.3, 0.4) is 0 Å². The van der Waals surface area contributed by atoms with E-state index in [0.29, 0.717) is 17.2 Å². The lowest BCUT2D eigenvalue weighted by Gasteiger charge is -2.09. The predicted molar refractivity (Wildman–Crippen MR) is 71.1 cm³/mol. The molecule has 4 N–H and O–H groups in total. The van der Waals surface area contributed by atoms with E-state index in [-0.39, 0.29) is 0 Å². The minimum atomic E-state index is -0.496. The molecule has 0 saturated heterocycles. The lowest BCUT2D eigenvalue weighted by Crippen LogP contribution is -2.17. The lowest BCUT2D eigenvalue weighted by atomic mass is 10.1. The molecule has 98 valence electrons. The number of nitrogens with zero attached hydrogens (tertiary/aromatic N) is 3. The molecule has 2 aromatic heterocycles. The van der Waals surface area contributed by atoms with Crippen LogP contribution in [0.4, 0.5) is 5.82 Å². The zero-order valence-corrected chi connectivity index (χ0v) is 10.7. The molecule has 6 nitrogen and oxygen atoms in total. The standard InChI is InChI=1S/C13H15N5O/c1-7-6-18(17-11(7)14)13-9(12(15)19)5-8-3-2-4-10(8)16-13/h5-6H,2-4H2,1H3,(H2,14,17)(H2,15,19). The van der Waals surface area contributed by atoms with Crippen LogP contribution >= 0.6 is 0 Å². The first-order chi connectivity index (χ1) is 9.06. The molecular formula is C13H15N5O. The van der Waals surface area contributed by atoms with Crippen molar-refractivity contribution in [3.05, 3.63) is 34.6 Å². The number of rotatable bonds is 2. The number of aryl methyl sites for hydroxylation is 3. The van der Waals surface area contributed by atoms with Gasteiger partial charge in [-0.3, -0.25) is 4.79 Å². The normalized spacial score (nSPS) is 13.5. The number of anilines is 1. The molecule has 0 aliphatic heterocycles. The Morgan fingerprint density at radius 1 is 1.42 bits per heavy atom. The number of nitrogen functional groups attached to an aromatic ring is 1. The first-order valence-corrected chi connectivity index (χ1v) is 6.21. The van der Waals surface area contributed by atoms with Crippen LogP contribution in [0.5, 0.6) is 0 Å². The van der Waals surface area contributed by atoms with E-state index in [1.807, 2.05) is 13.0 Å². The quantitative estimate of drug-likeness (QED) is 0.828. The SMILES string of the molecule is Cc1cn(-c2nc3c(cc2C(N)=O)CCC3)nc1N. The van der Waals surface area contributed by atoms with Gasteiger partial charge in [0.15, 0.2) is 5.82 Å². The molecule has 0 saturated carbocycles. The Labute approximate surface area is 110 Å². The minimum Gasteiger partial charge on any atom is -0.382 e. The number of aromatic nitrogens is 3. The van der Waals surface area contributed by atoms with E-state index in [0.717, 1.165) is 36.1 Å². The third-order valence-corrected chi connectivity index (χ3v) is 3.45. The van der Waals surface area contributed by atoms with Gasteiger partial charge in [-0.1, -0.05) is 0 Å². The van der Waals surface area contributed by atoms with Gasteiger partial charge in [0, 0.05) is 17.5 Å². The second-order valence-corrected chi connectivity index (χ2v) is 4.83. The van der Waals surface area contributed by atoms with E-state index in [1.165, 1.54) is 4.68 Å². The van der Waals surface area contributed by atoms with Gasteiger partial charge in [-0.25, -0.2) is 9.67 Å². The maximum atomic E-state index is 11.6. The number of hydrogen-bond donors (Lipinski definition) is 2. The number of amides is 1. The van der Waals surface area contributed by atoms with Crippen LogP contribution in [-0.2, 0) is 12.8 Å². The van der Waals surface area contributed by atoms with Crippen LogP contribution in [0.2, 0.25) is 0 Å². The smallest absolute Gasteiger partial charge is 0.252 e. The van der Waals surface area contributed by atoms with Gasteiger partial charge in [0.2, 0.25) is 0 Å². The summed E-state index contributed by atoms with van der Waals surface area (Å²) in [6.07, 6.45) is 4.69. The molecule has 1 aliphatic rings. The highest BCUT2D eigenvalue weighted by molar-refractivity contribution is 5.96. The molecule has 6 heteroatoms. The Hall–Kier alpha value is -2.37. The minimum absolute atomic E-state index is 0.392. The third-order valence-electron chi connectivity index (χ3n) is 3.45. The Balaban J connectivity index is 2.21. The van der Waals surface area contributed by atoms with Crippen LogP contribution in [0.1, 0.15) is 33.6 Å². The average molecular weight is 257 g/mol. The molecule has 0 atom stereocenters. The Morgan fingerprint density at radius 2 is 2.21 bits per heavy atom. The largest absolute Gasteiger partial charge is 0.382 e. The molecule has 0 aromatic carbocycles. The van der Waals surface area contributed by atoms with Crippen molar-refractivity contribution >= 4 is 11.7 Å². The molecule has 0 bridgehead atoms. The molecule has 1 amide bonds. The van der Waals surface area contributed by atoms with E-state index in [2.05, 4.69) is 10.1 Å². The summed E-state index contributed by atoms with van der Waals surface area (Å²) in [6.45, 7) is 1.86. The number of pyridine rings is 1. The highest BCUT2D eigenvalue weighted by Crippen LogP contribution is 2.25. The van der Waals surface area contributed by atoms with E-state index in [1.54, 1.807) is 6.20 Å². The number of carbonyl (C=O) groups excluding carboxylic acids is 1. The average Bonchev–Trinajstić information content (AvgIpc) is 2.94. The monoisotopic (exact) mass is 257 g/mol. The number of primary amides is 1. The molecule has 3 rings (SSSR count). The van der Waals surface area contributed by atoms with Crippen molar-refractivity contribution in [3.8, 4) is 5.82 Å². The fourth-order valence-corrected chi connectivity index (χ4v) is 2.40. The highest BCUT2D eigenvalue weighted by atomic mass is 16.1. The highest BCUT2D eigenvalue weighted by Gasteiger charge is 2.20. The summed E-state index contributed by atoms with van der Waals surface area (Å²) < 4.78 is 1.53. The van der Waals surface area contributed by atoms with Crippen LogP contribution in [0.25, 0.3) is 5.82 Å². The lowest BCUT2D eigenvalue weighted by molar-refractivity contribution is 0.0999. The molecule has 0 spiro atoms. The fourth-order valence-electron chi connectivity index (χ4n) is 2.40. The topological polar surface area (TPSA) is 99.8 Å². The summed E-state index contributed by atoms with van der Waals surface area (Å²) in [6, 6.07) is 1.83. The van der Waals surface area contributed by atoms with Crippen LogP contribution in [-0.4, -0.2) is 20.7 Å². The zero-order chi connectivity index (χ0) is 13.6. The molecule has 0 unspecified atom stereocenters. The van der Waals surface area contributed by atoms with E-state index < -0.39 is 5.91 Å². The van der Waals surface area contributed by atoms with Gasteiger partial charge in [0.1, 0.15) is 5.82 Å². The number of hydrogen-bond acceptors (Lipinski definition) is 4. The van der Waals surface area contributed by atoms with Gasteiger partial charge in [0.05, 0.1) is 5.56 Å². The Bertz CT molecular complexity index is 654. The van der Waals surface area contributed by atoms with Gasteiger partial charge < -0.3 is 11.5 Å². The van der Waals surface area contributed by atoms with Crippen molar-refractivity contribution in [2.75, 3.05) is 5.73 Å². The summed E-state index contributed by atoms with van der Waals surface area (Å²) in [5, 5.41) is 4.17. The van der Waals surface area contributed by atoms with Gasteiger partial charge in [-0.05, 0) is 37.8 Å². The number of fused-ring (bicyclic) bond motifs is 1. The zero-order valence-electron chi connectivity index (χ0n) is 10.7. The molecular weight excluding hydrogens is 242 g/mol. The van der Waals surface area contributed by atoms with Crippen molar-refractivity contribution in [1.29, 1.82) is 0 Å². The van der Waals surface area contributed by atoms with E-state index >= 15 is 0 Å². The van der Waals surface area contributed by atoms with Crippen molar-refractivity contribution in [1.82, 2.24) is 14.8 Å². The van der Waals surface area contributed by atoms with Gasteiger partial charge in [0.25, 0.3) is 5.91 Å². The second kappa shape index (κ2) is 4.08. The summed E-state index contributed by atoms with van der Waals surface area (Å²) in [5.41, 5.74) is 14.5. The first-order valence-electron chi connectivity index (χ1n) is 6.21. The molecule has 2 heterocycles. The summed E-state index contributed by atoms with van der Waals surface area (Å²) in [5.74, 6) is 0.398. The van der Waals surface area contributed by atoms with Gasteiger partial charge in [-0.15, -0.1) is 5.10 Å². The maximum absolute atomic E-state index is 11.6. The molecule has 0 fully saturated rings. The fraction of sp³-hybridized carbons (Fsp3) is 0.308. The van der Waals surface area contributed by atoms with Crippen LogP contribution < -0.4 is 11.5 Å². The number of nitrogens with two attached hydrogens (primary N) is 2. The Morgan fingerprint density at radius 3 is 2.84 bits per heavy atom. The maximum Gasteiger partial charge on any atom is 0.252 e. The van der Waals surface area contributed by atoms with E-state index in [9.17, 15) is 4.79 Å². The predicted octanol–water partition coefficient (Wildman–Crippen LogP) is 0.746. The summed E-state index contributed by atoms with van der Waals surface area (Å²) in [7, 11) is 0. The first kappa shape index (κ1) is 11.7. The van der Waals surface area contributed by atoms with Crippen molar-refractivity contribution in [3.63, 3.8) is 0 Å². The number of carbonyl (C=O) groups is 1. The van der Waals surface area contributed by atoms with Crippen molar-refractivity contribution < 1.29 is 4.79 Å². The molecule has 0 radical (unpaired) electrons. The van der Waals surface area contributed by atoms with Crippen LogP contribution in [0.15, 0.2) is 12.3 Å². The van der Waals surface area contributed by atoms with Gasteiger partial charge in [-0.2, -0.15) is 0 Å².